The van der Waals surface area contributed by atoms with Crippen molar-refractivity contribution in [1.29, 1.82) is 0 Å². The highest BCUT2D eigenvalue weighted by atomic mass is 32.2. The molecule has 2 aromatic heterocycles. The summed E-state index contributed by atoms with van der Waals surface area (Å²) in [5.41, 5.74) is 2.24. The van der Waals surface area contributed by atoms with Crippen LogP contribution in [0.1, 0.15) is 18.7 Å². The molecule has 3 heterocycles. The molecule has 4 N–H and O–H groups in total. The van der Waals surface area contributed by atoms with Crippen molar-refractivity contribution in [3.63, 3.8) is 0 Å². The Hall–Kier alpha value is -2.24. The molecule has 0 amide bonds. The minimum atomic E-state index is -1.22. The van der Waals surface area contributed by atoms with Gasteiger partial charge >= 0.3 is 0 Å². The van der Waals surface area contributed by atoms with E-state index in [1.807, 2.05) is 37.3 Å². The number of hydrogen-bond acceptors (Lipinski definition) is 9. The van der Waals surface area contributed by atoms with Gasteiger partial charge in [-0.15, -0.1) is 0 Å². The Bertz CT molecular complexity index is 970. The van der Waals surface area contributed by atoms with Crippen LogP contribution in [0.2, 0.25) is 0 Å². The van der Waals surface area contributed by atoms with Gasteiger partial charge in [-0.2, -0.15) is 0 Å². The van der Waals surface area contributed by atoms with Crippen molar-refractivity contribution in [3.8, 4) is 0 Å². The van der Waals surface area contributed by atoms with Crippen LogP contribution in [-0.4, -0.2) is 66.3 Å². The number of ether oxygens (including phenoxy) is 1. The summed E-state index contributed by atoms with van der Waals surface area (Å²) in [6.45, 7) is 2.13. The highest BCUT2D eigenvalue weighted by Gasteiger charge is 2.45. The van der Waals surface area contributed by atoms with E-state index in [1.165, 1.54) is 11.9 Å². The van der Waals surface area contributed by atoms with Crippen molar-refractivity contribution in [2.75, 3.05) is 18.5 Å². The van der Waals surface area contributed by atoms with Gasteiger partial charge in [0.2, 0.25) is 5.95 Å². The van der Waals surface area contributed by atoms with Crippen LogP contribution in [0, 0.1) is 0 Å². The highest BCUT2D eigenvalue weighted by Crippen LogP contribution is 2.36. The molecule has 0 radical (unpaired) electrons. The number of anilines is 1. The highest BCUT2D eigenvalue weighted by molar-refractivity contribution is 7.98. The van der Waals surface area contributed by atoms with Crippen LogP contribution in [-0.2, 0) is 10.5 Å². The quantitative estimate of drug-likeness (QED) is 0.331. The number of imidazole rings is 1. The second-order valence-corrected chi connectivity index (χ2v) is 7.65. The van der Waals surface area contributed by atoms with E-state index in [4.69, 9.17) is 4.74 Å². The zero-order chi connectivity index (χ0) is 20.4. The molecule has 0 unspecified atom stereocenters. The largest absolute Gasteiger partial charge is 0.394 e. The lowest BCUT2D eigenvalue weighted by atomic mass is 10.1. The second kappa shape index (κ2) is 8.64. The summed E-state index contributed by atoms with van der Waals surface area (Å²) in [6, 6.07) is 10.1. The molecule has 154 valence electrons. The van der Waals surface area contributed by atoms with Gasteiger partial charge in [0.05, 0.1) is 6.61 Å². The van der Waals surface area contributed by atoms with Crippen LogP contribution in [0.4, 0.5) is 5.95 Å². The lowest BCUT2D eigenvalue weighted by Gasteiger charge is -2.19. The first-order valence-corrected chi connectivity index (χ1v) is 10.4. The first-order valence-electron chi connectivity index (χ1n) is 9.40. The lowest BCUT2D eigenvalue weighted by molar-refractivity contribution is -0.0501. The van der Waals surface area contributed by atoms with Gasteiger partial charge in [-0.1, -0.05) is 42.1 Å². The van der Waals surface area contributed by atoms with Gasteiger partial charge in [0.1, 0.15) is 35.2 Å². The lowest BCUT2D eigenvalue weighted by Crippen LogP contribution is -2.33. The first-order chi connectivity index (χ1) is 14.1. The van der Waals surface area contributed by atoms with Gasteiger partial charge < -0.3 is 25.4 Å². The molecule has 10 heteroatoms. The van der Waals surface area contributed by atoms with Gasteiger partial charge in [0.15, 0.2) is 11.9 Å². The zero-order valence-corrected chi connectivity index (χ0v) is 16.7. The monoisotopic (exact) mass is 417 g/mol. The van der Waals surface area contributed by atoms with Gasteiger partial charge in [-0.05, 0) is 12.5 Å². The van der Waals surface area contributed by atoms with Crippen molar-refractivity contribution in [3.05, 3.63) is 42.2 Å². The van der Waals surface area contributed by atoms with Crippen molar-refractivity contribution in [1.82, 2.24) is 19.5 Å². The number of aliphatic hydroxyl groups excluding tert-OH is 3. The molecule has 1 fully saturated rings. The molecule has 9 nitrogen and oxygen atoms in total. The van der Waals surface area contributed by atoms with E-state index in [1.54, 1.807) is 16.3 Å². The Morgan fingerprint density at radius 2 is 1.97 bits per heavy atom. The number of aliphatic hydroxyl groups is 3. The zero-order valence-electron chi connectivity index (χ0n) is 15.8. The molecule has 4 atom stereocenters. The maximum absolute atomic E-state index is 10.5. The molecule has 1 aliphatic heterocycles. The Kier molecular flexibility index (Phi) is 5.97. The molecule has 0 saturated carbocycles. The van der Waals surface area contributed by atoms with Crippen LogP contribution in [0.25, 0.3) is 11.2 Å². The fourth-order valence-electron chi connectivity index (χ4n) is 3.34. The van der Waals surface area contributed by atoms with E-state index in [-0.39, 0.29) is 0 Å². The maximum atomic E-state index is 10.5. The summed E-state index contributed by atoms with van der Waals surface area (Å²) in [6.07, 6.45) is -2.79. The number of thioether (sulfide) groups is 1. The summed E-state index contributed by atoms with van der Waals surface area (Å²) in [5, 5.41) is 33.9. The van der Waals surface area contributed by atoms with Gasteiger partial charge in [0, 0.05) is 12.3 Å². The first kappa shape index (κ1) is 20.0. The van der Waals surface area contributed by atoms with Crippen molar-refractivity contribution < 1.29 is 20.1 Å². The van der Waals surface area contributed by atoms with E-state index in [2.05, 4.69) is 20.3 Å². The molecule has 0 aliphatic carbocycles. The summed E-state index contributed by atoms with van der Waals surface area (Å²) in [4.78, 5) is 13.4. The van der Waals surface area contributed by atoms with Gasteiger partial charge in [-0.25, -0.2) is 15.0 Å². The number of aromatic nitrogens is 4. The molecule has 0 spiro atoms. The number of rotatable bonds is 7. The minimum Gasteiger partial charge on any atom is -0.394 e. The second-order valence-electron chi connectivity index (χ2n) is 6.69. The fraction of sp³-hybridized carbons (Fsp3) is 0.421. The summed E-state index contributed by atoms with van der Waals surface area (Å²) < 4.78 is 7.33. The maximum Gasteiger partial charge on any atom is 0.207 e. The SMILES string of the molecule is CCNc1nc2c(SCc3ccccc3)ncnc2n1[C@@H]1O[C@H](CO)[C@@H](O)[C@H]1O. The molecule has 1 aliphatic rings. The molecule has 0 bridgehead atoms. The van der Waals surface area contributed by atoms with E-state index in [0.29, 0.717) is 28.7 Å². The van der Waals surface area contributed by atoms with Crippen LogP contribution in [0.15, 0.2) is 41.7 Å². The Morgan fingerprint density at radius 3 is 2.66 bits per heavy atom. The number of nitrogens with zero attached hydrogens (tertiary/aromatic N) is 4. The third-order valence-corrected chi connectivity index (χ3v) is 5.82. The van der Waals surface area contributed by atoms with E-state index < -0.39 is 31.1 Å². The molecule has 29 heavy (non-hydrogen) atoms. The third-order valence-electron chi connectivity index (χ3n) is 4.77. The van der Waals surface area contributed by atoms with Gasteiger partial charge in [-0.3, -0.25) is 4.57 Å². The average molecular weight is 417 g/mol. The third kappa shape index (κ3) is 3.81. The number of fused-ring (bicyclic) bond motifs is 1. The summed E-state index contributed by atoms with van der Waals surface area (Å²) >= 11 is 1.54. The molecular weight excluding hydrogens is 394 g/mol. The van der Waals surface area contributed by atoms with E-state index >= 15 is 0 Å². The number of nitrogens with one attached hydrogen (secondary N) is 1. The van der Waals surface area contributed by atoms with Crippen LogP contribution in [0.3, 0.4) is 0 Å². The van der Waals surface area contributed by atoms with Crippen LogP contribution >= 0.6 is 11.8 Å². The van der Waals surface area contributed by atoms with Crippen molar-refractivity contribution in [2.45, 2.75) is 42.2 Å². The van der Waals surface area contributed by atoms with E-state index in [9.17, 15) is 15.3 Å². The van der Waals surface area contributed by atoms with Crippen molar-refractivity contribution in [2.24, 2.45) is 0 Å². The molecule has 1 aromatic carbocycles. The van der Waals surface area contributed by atoms with Crippen LogP contribution in [0.5, 0.6) is 0 Å². The molecular formula is C19H23N5O4S. The van der Waals surface area contributed by atoms with Gasteiger partial charge in [0.25, 0.3) is 0 Å². The average Bonchev–Trinajstić information content (AvgIpc) is 3.24. The molecule has 1 saturated heterocycles. The Balaban J connectivity index is 1.72. The number of hydrogen-bond donors (Lipinski definition) is 4. The van der Waals surface area contributed by atoms with Crippen molar-refractivity contribution >= 4 is 28.9 Å². The smallest absolute Gasteiger partial charge is 0.207 e. The van der Waals surface area contributed by atoms with Crippen LogP contribution < -0.4 is 5.32 Å². The summed E-state index contributed by atoms with van der Waals surface area (Å²) in [5.74, 6) is 1.18. The molecule has 4 rings (SSSR count). The number of benzene rings is 1. The standard InChI is InChI=1S/C19H23N5O4S/c1-2-20-19-23-13-16(24(19)18-15(27)14(26)12(8-25)28-18)21-10-22-17(13)29-9-11-6-4-3-5-7-11/h3-7,10,12,14-15,18,25-27H,2,8-9H2,1H3,(H,20,23)/t12-,14-,15-,18-/m1/s1. The minimum absolute atomic E-state index is 0.398. The van der Waals surface area contributed by atoms with E-state index in [0.717, 1.165) is 5.75 Å². The summed E-state index contributed by atoms with van der Waals surface area (Å²) in [7, 11) is 0. The Morgan fingerprint density at radius 1 is 1.17 bits per heavy atom. The normalized spacial score (nSPS) is 24.3. The predicted octanol–water partition coefficient (Wildman–Crippen LogP) is 1.16. The Labute approximate surface area is 171 Å². The molecule has 3 aromatic rings. The fourth-order valence-corrected chi connectivity index (χ4v) is 4.23. The predicted molar refractivity (Wildman–Crippen MR) is 108 cm³/mol. The topological polar surface area (TPSA) is 126 Å².